The van der Waals surface area contributed by atoms with Crippen LogP contribution in [0.1, 0.15) is 36.2 Å². The summed E-state index contributed by atoms with van der Waals surface area (Å²) in [7, 11) is 0. The molecule has 0 aliphatic carbocycles. The van der Waals surface area contributed by atoms with Gasteiger partial charge in [0.15, 0.2) is 5.65 Å². The van der Waals surface area contributed by atoms with Crippen molar-refractivity contribution in [1.29, 1.82) is 0 Å². The Morgan fingerprint density at radius 2 is 1.86 bits per heavy atom. The molecule has 4 aromatic rings. The molecule has 148 valence electrons. The van der Waals surface area contributed by atoms with E-state index in [0.717, 1.165) is 33.4 Å². The number of fused-ring (bicyclic) bond motifs is 3. The zero-order valence-electron chi connectivity index (χ0n) is 17.1. The van der Waals surface area contributed by atoms with Crippen molar-refractivity contribution < 1.29 is 4.79 Å². The molecule has 0 unspecified atom stereocenters. The fraction of sp³-hybridized carbons (Fsp3) is 0.261. The lowest BCUT2D eigenvalue weighted by Gasteiger charge is -2.21. The Labute approximate surface area is 168 Å². The third-order valence-corrected chi connectivity index (χ3v) is 5.31. The van der Waals surface area contributed by atoms with Crippen molar-refractivity contribution in [3.63, 3.8) is 0 Å². The molecule has 6 nitrogen and oxygen atoms in total. The smallest absolute Gasteiger partial charge is 0.273 e. The van der Waals surface area contributed by atoms with Crippen molar-refractivity contribution in [3.05, 3.63) is 75.7 Å². The quantitative estimate of drug-likeness (QED) is 0.571. The van der Waals surface area contributed by atoms with Gasteiger partial charge in [-0.2, -0.15) is 4.98 Å². The predicted octanol–water partition coefficient (Wildman–Crippen LogP) is 4.16. The van der Waals surface area contributed by atoms with Crippen molar-refractivity contribution >= 4 is 28.1 Å². The molecule has 29 heavy (non-hydrogen) atoms. The van der Waals surface area contributed by atoms with Gasteiger partial charge in [0.05, 0.1) is 5.52 Å². The van der Waals surface area contributed by atoms with E-state index in [9.17, 15) is 9.59 Å². The van der Waals surface area contributed by atoms with Gasteiger partial charge in [-0.05, 0) is 51.0 Å². The summed E-state index contributed by atoms with van der Waals surface area (Å²) in [5.74, 6) is -0.0970. The summed E-state index contributed by atoms with van der Waals surface area (Å²) in [5, 5.41) is 3.93. The lowest BCUT2D eigenvalue weighted by molar-refractivity contribution is -0.119. The van der Waals surface area contributed by atoms with Crippen molar-refractivity contribution in [2.24, 2.45) is 0 Å². The number of nitrogens with one attached hydrogen (secondary N) is 1. The van der Waals surface area contributed by atoms with Gasteiger partial charge in [-0.25, -0.2) is 4.52 Å². The van der Waals surface area contributed by atoms with E-state index in [4.69, 9.17) is 0 Å². The van der Waals surface area contributed by atoms with Crippen molar-refractivity contribution in [2.75, 3.05) is 5.32 Å². The number of carbonyl (C=O) groups is 1. The van der Waals surface area contributed by atoms with Gasteiger partial charge in [-0.1, -0.05) is 36.8 Å². The summed E-state index contributed by atoms with van der Waals surface area (Å²) in [6.07, 6.45) is 0.593. The number of nitrogens with zero attached hydrogens (tertiary/aromatic N) is 3. The number of aryl methyl sites for hydroxylation is 3. The topological polar surface area (TPSA) is 68.4 Å². The maximum Gasteiger partial charge on any atom is 0.273 e. The largest absolute Gasteiger partial charge is 0.324 e. The second-order valence-corrected chi connectivity index (χ2v) is 7.46. The average molecular weight is 388 g/mol. The third-order valence-electron chi connectivity index (χ3n) is 5.31. The van der Waals surface area contributed by atoms with Crippen LogP contribution in [0.4, 0.5) is 5.69 Å². The highest BCUT2D eigenvalue weighted by atomic mass is 16.2. The molecule has 0 spiro atoms. The SMILES string of the molecule is CC[C@H](C(=O)Nc1ccc(C)cc1C)n1c2ccccc2c2nc(=O)cc(C)n21. The Bertz CT molecular complexity index is 1300. The molecule has 2 heterocycles. The van der Waals surface area contributed by atoms with Gasteiger partial charge >= 0.3 is 0 Å². The van der Waals surface area contributed by atoms with Crippen LogP contribution in [0.3, 0.4) is 0 Å². The van der Waals surface area contributed by atoms with Crippen LogP contribution in [0.5, 0.6) is 0 Å². The summed E-state index contributed by atoms with van der Waals surface area (Å²) in [6, 6.07) is 14.8. The maximum absolute atomic E-state index is 13.3. The minimum Gasteiger partial charge on any atom is -0.324 e. The number of carbonyl (C=O) groups excluding carboxylic acids is 1. The Morgan fingerprint density at radius 1 is 1.10 bits per heavy atom. The molecule has 2 aromatic heterocycles. The Kier molecular flexibility index (Phi) is 4.70. The van der Waals surface area contributed by atoms with Gasteiger partial charge in [0.1, 0.15) is 6.04 Å². The Hall–Kier alpha value is -3.41. The van der Waals surface area contributed by atoms with E-state index in [-0.39, 0.29) is 11.5 Å². The molecule has 0 saturated carbocycles. The van der Waals surface area contributed by atoms with Crippen LogP contribution in [0.15, 0.2) is 53.3 Å². The minimum absolute atomic E-state index is 0.0970. The summed E-state index contributed by atoms with van der Waals surface area (Å²) < 4.78 is 3.83. The molecule has 6 heteroatoms. The average Bonchev–Trinajstić information content (AvgIpc) is 3.00. The standard InChI is InChI=1S/C23H24N4O2/c1-5-19(23(29)24-18-11-10-14(2)12-15(18)3)27-20-9-7-6-8-17(20)22-25-21(28)13-16(4)26(22)27/h6-13,19H,5H2,1-4H3,(H,24,29)/t19-/m1/s1. The lowest BCUT2D eigenvalue weighted by atomic mass is 10.1. The highest BCUT2D eigenvalue weighted by molar-refractivity contribution is 5.98. The molecule has 0 aliphatic heterocycles. The van der Waals surface area contributed by atoms with Crippen LogP contribution in [0.2, 0.25) is 0 Å². The first-order valence-corrected chi connectivity index (χ1v) is 9.78. The predicted molar refractivity (Wildman–Crippen MR) is 116 cm³/mol. The van der Waals surface area contributed by atoms with Crippen molar-refractivity contribution in [2.45, 2.75) is 40.2 Å². The fourth-order valence-corrected chi connectivity index (χ4v) is 3.95. The van der Waals surface area contributed by atoms with E-state index in [1.807, 2.05) is 73.3 Å². The number of anilines is 1. The second kappa shape index (κ2) is 7.20. The Balaban J connectivity index is 1.88. The normalized spacial score (nSPS) is 12.4. The third kappa shape index (κ3) is 3.20. The van der Waals surface area contributed by atoms with Crippen molar-refractivity contribution in [3.8, 4) is 0 Å². The monoisotopic (exact) mass is 388 g/mol. The van der Waals surface area contributed by atoms with Crippen LogP contribution < -0.4 is 10.9 Å². The van der Waals surface area contributed by atoms with Crippen LogP contribution in [0.25, 0.3) is 16.6 Å². The number of hydrogen-bond donors (Lipinski definition) is 1. The van der Waals surface area contributed by atoms with E-state index in [0.29, 0.717) is 12.1 Å². The van der Waals surface area contributed by atoms with E-state index in [1.165, 1.54) is 6.07 Å². The van der Waals surface area contributed by atoms with Crippen LogP contribution >= 0.6 is 0 Å². The van der Waals surface area contributed by atoms with Gasteiger partial charge in [0.2, 0.25) is 5.91 Å². The number of rotatable bonds is 4. The zero-order chi connectivity index (χ0) is 20.7. The lowest BCUT2D eigenvalue weighted by Crippen LogP contribution is -2.29. The number of amides is 1. The first kappa shape index (κ1) is 18.9. The van der Waals surface area contributed by atoms with E-state index >= 15 is 0 Å². The van der Waals surface area contributed by atoms with Crippen LogP contribution in [-0.4, -0.2) is 20.1 Å². The van der Waals surface area contributed by atoms with E-state index < -0.39 is 6.04 Å². The highest BCUT2D eigenvalue weighted by Crippen LogP contribution is 2.27. The van der Waals surface area contributed by atoms with Crippen molar-refractivity contribution in [1.82, 2.24) is 14.2 Å². The molecule has 1 amide bonds. The number of benzene rings is 2. The number of hydrogen-bond acceptors (Lipinski definition) is 3. The molecular formula is C23H24N4O2. The summed E-state index contributed by atoms with van der Waals surface area (Å²) in [6.45, 7) is 7.86. The van der Waals surface area contributed by atoms with Gasteiger partial charge in [0.25, 0.3) is 5.56 Å². The summed E-state index contributed by atoms with van der Waals surface area (Å²) in [5.41, 5.74) is 4.89. The first-order valence-electron chi connectivity index (χ1n) is 9.78. The minimum atomic E-state index is -0.457. The van der Waals surface area contributed by atoms with E-state index in [2.05, 4.69) is 16.4 Å². The first-order chi connectivity index (χ1) is 13.9. The molecule has 2 aromatic carbocycles. The highest BCUT2D eigenvalue weighted by Gasteiger charge is 2.25. The van der Waals surface area contributed by atoms with Crippen LogP contribution in [-0.2, 0) is 4.79 Å². The zero-order valence-corrected chi connectivity index (χ0v) is 17.1. The van der Waals surface area contributed by atoms with Crippen LogP contribution in [0, 0.1) is 20.8 Å². The molecule has 0 saturated heterocycles. The van der Waals surface area contributed by atoms with Gasteiger partial charge in [-0.3, -0.25) is 14.3 Å². The fourth-order valence-electron chi connectivity index (χ4n) is 3.95. The number of aromatic nitrogens is 3. The summed E-state index contributed by atoms with van der Waals surface area (Å²) in [4.78, 5) is 29.6. The Morgan fingerprint density at radius 3 is 2.59 bits per heavy atom. The van der Waals surface area contributed by atoms with Gasteiger partial charge in [-0.15, -0.1) is 0 Å². The number of para-hydroxylation sites is 1. The molecule has 4 rings (SSSR count). The molecule has 0 fully saturated rings. The van der Waals surface area contributed by atoms with E-state index in [1.54, 1.807) is 0 Å². The molecule has 1 atom stereocenters. The second-order valence-electron chi connectivity index (χ2n) is 7.46. The van der Waals surface area contributed by atoms with Gasteiger partial charge in [0, 0.05) is 22.8 Å². The molecule has 0 radical (unpaired) electrons. The molecule has 1 N–H and O–H groups in total. The summed E-state index contributed by atoms with van der Waals surface area (Å²) >= 11 is 0. The van der Waals surface area contributed by atoms with Gasteiger partial charge < -0.3 is 5.32 Å². The molecule has 0 bridgehead atoms. The molecular weight excluding hydrogens is 364 g/mol. The maximum atomic E-state index is 13.3. The molecule has 0 aliphatic rings.